The fourth-order valence-corrected chi connectivity index (χ4v) is 5.11. The number of amides is 1. The van der Waals surface area contributed by atoms with Gasteiger partial charge in [0.15, 0.2) is 0 Å². The maximum absolute atomic E-state index is 13.3. The maximum atomic E-state index is 13.3. The van der Waals surface area contributed by atoms with Crippen molar-refractivity contribution in [3.05, 3.63) is 59.2 Å². The standard InChI is InChI=1S/C25H30F4N2O2/c1-17(19-11-18(14-26)12-21(13-19)25(27,28)29)33-16-24(20-5-3-2-4-6-20)10-9-23(15-30-24)8-7-22(32)31-23/h2-6,11,13,17-18,30H,7-10,12,14-16H2,1H3,(H,31,32)/t17-,18?,23-,24-/m1/s1. The monoisotopic (exact) mass is 466 g/mol. The smallest absolute Gasteiger partial charge is 0.372 e. The minimum Gasteiger partial charge on any atom is -0.372 e. The van der Waals surface area contributed by atoms with Gasteiger partial charge in [0.2, 0.25) is 5.91 Å². The van der Waals surface area contributed by atoms with Crippen molar-refractivity contribution >= 4 is 5.91 Å². The molecule has 33 heavy (non-hydrogen) atoms. The van der Waals surface area contributed by atoms with Gasteiger partial charge in [0, 0.05) is 24.5 Å². The van der Waals surface area contributed by atoms with Crippen LogP contribution >= 0.6 is 0 Å². The summed E-state index contributed by atoms with van der Waals surface area (Å²) in [5, 5.41) is 6.70. The fourth-order valence-electron chi connectivity index (χ4n) is 5.11. The molecule has 4 atom stereocenters. The van der Waals surface area contributed by atoms with E-state index in [9.17, 15) is 22.4 Å². The molecule has 1 amide bonds. The summed E-state index contributed by atoms with van der Waals surface area (Å²) in [6, 6.07) is 9.82. The number of carbonyl (C=O) groups is 1. The molecule has 0 bridgehead atoms. The SMILES string of the molecule is C[C@@H](OC[C@@]1(c2ccccc2)CC[C@]2(CCC(=O)N2)CN1)C1=CC(CF)CC(C(F)(F)F)=C1. The van der Waals surface area contributed by atoms with E-state index in [0.717, 1.165) is 24.5 Å². The van der Waals surface area contributed by atoms with E-state index in [4.69, 9.17) is 4.74 Å². The van der Waals surface area contributed by atoms with Crippen LogP contribution in [0.2, 0.25) is 0 Å². The third-order valence-corrected chi connectivity index (χ3v) is 7.22. The van der Waals surface area contributed by atoms with Crippen LogP contribution < -0.4 is 10.6 Å². The number of alkyl halides is 4. The van der Waals surface area contributed by atoms with Crippen LogP contribution in [0, 0.1) is 5.92 Å². The first kappa shape index (κ1) is 24.0. The highest BCUT2D eigenvalue weighted by molar-refractivity contribution is 5.79. The van der Waals surface area contributed by atoms with E-state index < -0.39 is 36.0 Å². The van der Waals surface area contributed by atoms with Gasteiger partial charge in [0.1, 0.15) is 0 Å². The number of ether oxygens (including phenoxy) is 1. The Hall–Kier alpha value is -2.19. The second-order valence-electron chi connectivity index (χ2n) is 9.54. The molecule has 1 aliphatic carbocycles. The van der Waals surface area contributed by atoms with Gasteiger partial charge in [-0.3, -0.25) is 9.18 Å². The molecular formula is C25H30F4N2O2. The van der Waals surface area contributed by atoms with Gasteiger partial charge in [-0.2, -0.15) is 13.2 Å². The van der Waals surface area contributed by atoms with E-state index in [0.29, 0.717) is 25.0 Å². The van der Waals surface area contributed by atoms with Gasteiger partial charge in [-0.25, -0.2) is 0 Å². The van der Waals surface area contributed by atoms with Crippen molar-refractivity contribution in [2.75, 3.05) is 19.8 Å². The van der Waals surface area contributed by atoms with Crippen LogP contribution in [0.5, 0.6) is 0 Å². The predicted octanol–water partition coefficient (Wildman–Crippen LogP) is 4.72. The van der Waals surface area contributed by atoms with Crippen molar-refractivity contribution in [3.63, 3.8) is 0 Å². The normalized spacial score (nSPS) is 31.2. The molecule has 3 aliphatic rings. The first-order chi connectivity index (χ1) is 15.6. The van der Waals surface area contributed by atoms with Crippen LogP contribution in [-0.4, -0.2) is 43.6 Å². The predicted molar refractivity (Wildman–Crippen MR) is 117 cm³/mol. The van der Waals surface area contributed by atoms with Crippen molar-refractivity contribution in [1.82, 2.24) is 10.6 Å². The number of rotatable bonds is 6. The Morgan fingerprint density at radius 2 is 1.94 bits per heavy atom. The van der Waals surface area contributed by atoms with Gasteiger partial charge in [-0.15, -0.1) is 0 Å². The summed E-state index contributed by atoms with van der Waals surface area (Å²) >= 11 is 0. The number of piperidine rings is 1. The van der Waals surface area contributed by atoms with Gasteiger partial charge in [0.05, 0.1) is 30.5 Å². The molecule has 2 saturated heterocycles. The third kappa shape index (κ3) is 5.17. The van der Waals surface area contributed by atoms with Crippen molar-refractivity contribution < 1.29 is 27.1 Å². The summed E-state index contributed by atoms with van der Waals surface area (Å²) < 4.78 is 59.4. The van der Waals surface area contributed by atoms with Crippen molar-refractivity contribution in [3.8, 4) is 0 Å². The van der Waals surface area contributed by atoms with E-state index in [2.05, 4.69) is 10.6 Å². The summed E-state index contributed by atoms with van der Waals surface area (Å²) in [6.07, 6.45) is -0.00295. The molecule has 1 aromatic rings. The Morgan fingerprint density at radius 1 is 1.18 bits per heavy atom. The van der Waals surface area contributed by atoms with E-state index in [1.165, 1.54) is 0 Å². The van der Waals surface area contributed by atoms with E-state index in [-0.39, 0.29) is 24.5 Å². The Morgan fingerprint density at radius 3 is 2.52 bits per heavy atom. The van der Waals surface area contributed by atoms with E-state index >= 15 is 0 Å². The summed E-state index contributed by atoms with van der Waals surface area (Å²) in [6.45, 7) is 1.70. The maximum Gasteiger partial charge on any atom is 0.412 e. The fraction of sp³-hybridized carbons (Fsp3) is 0.560. The zero-order valence-corrected chi connectivity index (χ0v) is 18.7. The van der Waals surface area contributed by atoms with Crippen molar-refractivity contribution in [2.45, 2.75) is 62.4 Å². The van der Waals surface area contributed by atoms with Crippen LogP contribution in [0.3, 0.4) is 0 Å². The minimum absolute atomic E-state index is 0.0628. The molecular weight excluding hydrogens is 436 g/mol. The average Bonchev–Trinajstić information content (AvgIpc) is 3.18. The lowest BCUT2D eigenvalue weighted by Crippen LogP contribution is -2.61. The molecule has 0 aromatic heterocycles. The van der Waals surface area contributed by atoms with E-state index in [1.54, 1.807) is 13.0 Å². The zero-order chi connectivity index (χ0) is 23.7. The van der Waals surface area contributed by atoms with Crippen LogP contribution in [0.25, 0.3) is 0 Å². The molecule has 1 aromatic carbocycles. The lowest BCUT2D eigenvalue weighted by molar-refractivity contribution is -0.120. The van der Waals surface area contributed by atoms with Gasteiger partial charge < -0.3 is 15.4 Å². The first-order valence-electron chi connectivity index (χ1n) is 11.4. The Kier molecular flexibility index (Phi) is 6.69. The topological polar surface area (TPSA) is 50.4 Å². The van der Waals surface area contributed by atoms with Crippen molar-refractivity contribution in [1.29, 1.82) is 0 Å². The Labute approximate surface area is 191 Å². The molecule has 0 radical (unpaired) electrons. The second kappa shape index (κ2) is 9.22. The minimum atomic E-state index is -4.48. The number of carbonyl (C=O) groups excluding carboxylic acids is 1. The molecule has 2 heterocycles. The lowest BCUT2D eigenvalue weighted by Gasteiger charge is -2.46. The Balaban J connectivity index is 1.51. The Bertz CT molecular complexity index is 918. The lowest BCUT2D eigenvalue weighted by atomic mass is 9.76. The highest BCUT2D eigenvalue weighted by Gasteiger charge is 2.47. The second-order valence-corrected chi connectivity index (χ2v) is 9.54. The van der Waals surface area contributed by atoms with Crippen LogP contribution in [-0.2, 0) is 15.1 Å². The third-order valence-electron chi connectivity index (χ3n) is 7.22. The first-order valence-corrected chi connectivity index (χ1v) is 11.4. The number of allylic oxidation sites excluding steroid dienone is 2. The highest BCUT2D eigenvalue weighted by atomic mass is 19.4. The molecule has 2 fully saturated rings. The summed E-state index contributed by atoms with van der Waals surface area (Å²) in [4.78, 5) is 11.8. The molecule has 1 spiro atoms. The number of hydrogen-bond acceptors (Lipinski definition) is 3. The molecule has 0 saturated carbocycles. The molecule has 4 rings (SSSR count). The van der Waals surface area contributed by atoms with Crippen molar-refractivity contribution in [2.24, 2.45) is 5.92 Å². The molecule has 4 nitrogen and oxygen atoms in total. The summed E-state index contributed by atoms with van der Waals surface area (Å²) in [5.41, 5.74) is -0.118. The number of benzene rings is 1. The highest BCUT2D eigenvalue weighted by Crippen LogP contribution is 2.40. The zero-order valence-electron chi connectivity index (χ0n) is 18.7. The average molecular weight is 467 g/mol. The summed E-state index contributed by atoms with van der Waals surface area (Å²) in [5.74, 6) is -0.734. The van der Waals surface area contributed by atoms with Crippen LogP contribution in [0.15, 0.2) is 53.6 Å². The molecule has 2 N–H and O–H groups in total. The van der Waals surface area contributed by atoms with Crippen LogP contribution in [0.4, 0.5) is 17.6 Å². The van der Waals surface area contributed by atoms with Gasteiger partial charge >= 0.3 is 6.18 Å². The number of hydrogen-bond donors (Lipinski definition) is 2. The quantitative estimate of drug-likeness (QED) is 0.597. The molecule has 180 valence electrons. The summed E-state index contributed by atoms with van der Waals surface area (Å²) in [7, 11) is 0. The molecule has 1 unspecified atom stereocenters. The molecule has 2 aliphatic heterocycles. The molecule has 8 heteroatoms. The van der Waals surface area contributed by atoms with E-state index in [1.807, 2.05) is 30.3 Å². The van der Waals surface area contributed by atoms with Gasteiger partial charge in [-0.1, -0.05) is 36.4 Å². The number of halogens is 4. The number of nitrogens with one attached hydrogen (secondary N) is 2. The van der Waals surface area contributed by atoms with Crippen LogP contribution in [0.1, 0.15) is 44.6 Å². The largest absolute Gasteiger partial charge is 0.412 e. The van der Waals surface area contributed by atoms with Gasteiger partial charge in [-0.05, 0) is 49.8 Å². The van der Waals surface area contributed by atoms with Gasteiger partial charge in [0.25, 0.3) is 0 Å².